The van der Waals surface area contributed by atoms with Crippen molar-refractivity contribution in [2.24, 2.45) is 0 Å². The quantitative estimate of drug-likeness (QED) is 0.262. The summed E-state index contributed by atoms with van der Waals surface area (Å²) in [5, 5.41) is 10.0. The molecule has 7 nitrogen and oxygen atoms in total. The Morgan fingerprint density at radius 2 is 1.43 bits per heavy atom. The Balaban J connectivity index is 1.49. The third-order valence-corrected chi connectivity index (χ3v) is 5.40. The largest absolute Gasteiger partial charge is 0.497 e. The lowest BCUT2D eigenvalue weighted by Gasteiger charge is -2.14. The highest BCUT2D eigenvalue weighted by Gasteiger charge is 2.14. The molecule has 0 unspecified atom stereocenters. The van der Waals surface area contributed by atoms with Crippen LogP contribution in [-0.2, 0) is 0 Å². The Kier molecular flexibility index (Phi) is 6.21. The number of amides is 2. The van der Waals surface area contributed by atoms with Crippen LogP contribution in [0.4, 0.5) is 27.7 Å². The van der Waals surface area contributed by atoms with Crippen LogP contribution in [0.1, 0.15) is 0 Å². The van der Waals surface area contributed by atoms with Gasteiger partial charge < -0.3 is 20.7 Å². The molecule has 35 heavy (non-hydrogen) atoms. The van der Waals surface area contributed by atoms with Gasteiger partial charge in [0.1, 0.15) is 11.6 Å². The zero-order valence-electron chi connectivity index (χ0n) is 19.0. The van der Waals surface area contributed by atoms with Gasteiger partial charge in [0.2, 0.25) is 0 Å². The molecule has 1 heterocycles. The van der Waals surface area contributed by atoms with E-state index in [4.69, 9.17) is 14.7 Å². The molecular weight excluding hydrogens is 438 g/mol. The normalized spacial score (nSPS) is 10.5. The van der Waals surface area contributed by atoms with E-state index >= 15 is 0 Å². The second-order valence-corrected chi connectivity index (χ2v) is 7.76. The monoisotopic (exact) mass is 461 g/mol. The molecule has 0 radical (unpaired) electrons. The standard InChI is InChI=1S/C28H23N5O2/c1-35-21-17-15-20(16-18-21)29-26-22-11-5-7-13-24(22)31-27(33-26)23-12-6-8-14-25(23)32-28(34)30-19-9-3-2-4-10-19/h2-18H,1H3,(H,29,31,33)(H2,30,32,34). The van der Waals surface area contributed by atoms with Gasteiger partial charge in [-0.2, -0.15) is 0 Å². The summed E-state index contributed by atoms with van der Waals surface area (Å²) in [4.78, 5) is 22.3. The average molecular weight is 462 g/mol. The number of hydrogen-bond acceptors (Lipinski definition) is 5. The molecule has 0 saturated carbocycles. The molecule has 2 amide bonds. The Bertz CT molecular complexity index is 1470. The van der Waals surface area contributed by atoms with Gasteiger partial charge in [-0.05, 0) is 60.7 Å². The maximum Gasteiger partial charge on any atom is 0.323 e. The van der Waals surface area contributed by atoms with Crippen LogP contribution in [0, 0.1) is 0 Å². The molecule has 1 aromatic heterocycles. The first-order valence-corrected chi connectivity index (χ1v) is 11.1. The van der Waals surface area contributed by atoms with Gasteiger partial charge in [0.15, 0.2) is 5.82 Å². The van der Waals surface area contributed by atoms with E-state index in [0.717, 1.165) is 22.3 Å². The van der Waals surface area contributed by atoms with Gasteiger partial charge in [0.05, 0.1) is 18.3 Å². The van der Waals surface area contributed by atoms with Gasteiger partial charge in [-0.1, -0.05) is 42.5 Å². The molecule has 4 aromatic carbocycles. The molecule has 7 heteroatoms. The molecule has 0 aliphatic heterocycles. The number of nitrogens with one attached hydrogen (secondary N) is 3. The number of benzene rings is 4. The SMILES string of the molecule is COc1ccc(Nc2nc(-c3ccccc3NC(=O)Nc3ccccc3)nc3ccccc23)cc1. The Hall–Kier alpha value is -4.91. The van der Waals surface area contributed by atoms with Gasteiger partial charge in [-0.3, -0.25) is 0 Å². The van der Waals surface area contributed by atoms with Crippen molar-refractivity contribution < 1.29 is 9.53 Å². The first-order valence-electron chi connectivity index (χ1n) is 11.1. The number of rotatable bonds is 6. The lowest BCUT2D eigenvalue weighted by molar-refractivity contribution is 0.262. The summed E-state index contributed by atoms with van der Waals surface area (Å²) in [5.74, 6) is 1.94. The lowest BCUT2D eigenvalue weighted by Crippen LogP contribution is -2.19. The number of hydrogen-bond donors (Lipinski definition) is 3. The summed E-state index contributed by atoms with van der Waals surface area (Å²) < 4.78 is 5.26. The molecule has 0 spiro atoms. The van der Waals surface area contributed by atoms with Gasteiger partial charge >= 0.3 is 6.03 Å². The molecule has 0 bridgehead atoms. The number of carbonyl (C=O) groups excluding carboxylic acids is 1. The highest BCUT2D eigenvalue weighted by molar-refractivity contribution is 6.02. The molecule has 5 rings (SSSR count). The number of ether oxygens (including phenoxy) is 1. The van der Waals surface area contributed by atoms with Crippen LogP contribution < -0.4 is 20.7 Å². The predicted octanol–water partition coefficient (Wildman–Crippen LogP) is 6.69. The molecule has 5 aromatic rings. The topological polar surface area (TPSA) is 88.2 Å². The Morgan fingerprint density at radius 3 is 2.23 bits per heavy atom. The second-order valence-electron chi connectivity index (χ2n) is 7.76. The van der Waals surface area contributed by atoms with Crippen molar-refractivity contribution in [3.05, 3.63) is 103 Å². The van der Waals surface area contributed by atoms with Crippen LogP contribution in [-0.4, -0.2) is 23.1 Å². The molecule has 0 aliphatic rings. The number of aromatic nitrogens is 2. The van der Waals surface area contributed by atoms with E-state index in [1.165, 1.54) is 0 Å². The van der Waals surface area contributed by atoms with Crippen LogP contribution in [0.25, 0.3) is 22.3 Å². The smallest absolute Gasteiger partial charge is 0.323 e. The zero-order valence-corrected chi connectivity index (χ0v) is 19.0. The number of carbonyl (C=O) groups is 1. The molecule has 172 valence electrons. The van der Waals surface area contributed by atoms with Crippen molar-refractivity contribution in [2.75, 3.05) is 23.1 Å². The maximum atomic E-state index is 12.7. The first-order chi connectivity index (χ1) is 17.2. The maximum absolute atomic E-state index is 12.7. The lowest BCUT2D eigenvalue weighted by atomic mass is 10.1. The van der Waals surface area contributed by atoms with E-state index in [-0.39, 0.29) is 6.03 Å². The van der Waals surface area contributed by atoms with E-state index in [2.05, 4.69) is 16.0 Å². The zero-order chi connectivity index (χ0) is 24.0. The Labute approximate surface area is 202 Å². The summed E-state index contributed by atoms with van der Waals surface area (Å²) in [6.45, 7) is 0. The van der Waals surface area contributed by atoms with Crippen molar-refractivity contribution in [3.8, 4) is 17.1 Å². The van der Waals surface area contributed by atoms with Gasteiger partial charge in [0.25, 0.3) is 0 Å². The van der Waals surface area contributed by atoms with Crippen molar-refractivity contribution >= 4 is 39.8 Å². The fraction of sp³-hybridized carbons (Fsp3) is 0.0357. The number of fused-ring (bicyclic) bond motifs is 1. The van der Waals surface area contributed by atoms with E-state index in [0.29, 0.717) is 28.6 Å². The van der Waals surface area contributed by atoms with E-state index < -0.39 is 0 Å². The second kappa shape index (κ2) is 9.93. The molecule has 0 atom stereocenters. The van der Waals surface area contributed by atoms with Crippen LogP contribution in [0.15, 0.2) is 103 Å². The first kappa shape index (κ1) is 21.9. The third-order valence-electron chi connectivity index (χ3n) is 5.40. The fourth-order valence-electron chi connectivity index (χ4n) is 3.70. The molecule has 0 saturated heterocycles. The number of anilines is 4. The highest BCUT2D eigenvalue weighted by Crippen LogP contribution is 2.31. The number of nitrogens with zero attached hydrogens (tertiary/aromatic N) is 2. The molecule has 0 fully saturated rings. The molecule has 0 aliphatic carbocycles. The van der Waals surface area contributed by atoms with Crippen molar-refractivity contribution in [2.45, 2.75) is 0 Å². The number of methoxy groups -OCH3 is 1. The highest BCUT2D eigenvalue weighted by atomic mass is 16.5. The summed E-state index contributed by atoms with van der Waals surface area (Å²) in [7, 11) is 1.64. The van der Waals surface area contributed by atoms with E-state index in [1.807, 2.05) is 103 Å². The third kappa shape index (κ3) is 5.04. The van der Waals surface area contributed by atoms with E-state index in [1.54, 1.807) is 7.11 Å². The molecule has 3 N–H and O–H groups in total. The molecular formula is C28H23N5O2. The summed E-state index contributed by atoms with van der Waals surface area (Å²) in [6, 6.07) is 31.8. The fourth-order valence-corrected chi connectivity index (χ4v) is 3.70. The van der Waals surface area contributed by atoms with Crippen LogP contribution >= 0.6 is 0 Å². The minimum Gasteiger partial charge on any atom is -0.497 e. The van der Waals surface area contributed by atoms with Crippen LogP contribution in [0.5, 0.6) is 5.75 Å². The van der Waals surface area contributed by atoms with Crippen molar-refractivity contribution in [3.63, 3.8) is 0 Å². The average Bonchev–Trinajstić information content (AvgIpc) is 2.90. The summed E-state index contributed by atoms with van der Waals surface area (Å²) in [5.41, 5.74) is 3.67. The minimum absolute atomic E-state index is 0.346. The Morgan fingerprint density at radius 1 is 0.714 bits per heavy atom. The van der Waals surface area contributed by atoms with Crippen LogP contribution in [0.2, 0.25) is 0 Å². The minimum atomic E-state index is -0.346. The van der Waals surface area contributed by atoms with Crippen molar-refractivity contribution in [1.82, 2.24) is 9.97 Å². The van der Waals surface area contributed by atoms with Crippen molar-refractivity contribution in [1.29, 1.82) is 0 Å². The van der Waals surface area contributed by atoms with E-state index in [9.17, 15) is 4.79 Å². The van der Waals surface area contributed by atoms with Gasteiger partial charge in [0, 0.05) is 22.3 Å². The summed E-state index contributed by atoms with van der Waals surface area (Å²) in [6.07, 6.45) is 0. The van der Waals surface area contributed by atoms with Crippen LogP contribution in [0.3, 0.4) is 0 Å². The van der Waals surface area contributed by atoms with Gasteiger partial charge in [-0.15, -0.1) is 0 Å². The summed E-state index contributed by atoms with van der Waals surface area (Å²) >= 11 is 0. The number of urea groups is 1. The van der Waals surface area contributed by atoms with Gasteiger partial charge in [-0.25, -0.2) is 14.8 Å². The predicted molar refractivity (Wildman–Crippen MR) is 140 cm³/mol. The number of para-hydroxylation sites is 3.